The molecule has 0 saturated carbocycles. The van der Waals surface area contributed by atoms with E-state index < -0.39 is 10.0 Å². The number of para-hydroxylation sites is 3. The second-order valence-corrected chi connectivity index (χ2v) is 8.30. The van der Waals surface area contributed by atoms with Gasteiger partial charge in [0.1, 0.15) is 0 Å². The molecule has 3 aromatic carbocycles. The Morgan fingerprint density at radius 1 is 0.897 bits per heavy atom. The lowest BCUT2D eigenvalue weighted by molar-refractivity contribution is 0.601. The van der Waals surface area contributed by atoms with Crippen molar-refractivity contribution in [3.05, 3.63) is 96.2 Å². The first-order chi connectivity index (χ1) is 14.0. The van der Waals surface area contributed by atoms with Crippen LogP contribution in [0.2, 0.25) is 0 Å². The van der Waals surface area contributed by atoms with Crippen molar-refractivity contribution in [2.24, 2.45) is 4.99 Å². The van der Waals surface area contributed by atoms with Crippen molar-refractivity contribution in [1.82, 2.24) is 4.98 Å². The molecule has 4 rings (SSSR count). The van der Waals surface area contributed by atoms with Gasteiger partial charge < -0.3 is 0 Å². The van der Waals surface area contributed by atoms with Crippen LogP contribution in [0, 0.1) is 6.92 Å². The van der Waals surface area contributed by atoms with Crippen molar-refractivity contribution in [3.63, 3.8) is 0 Å². The molecule has 6 heteroatoms. The summed E-state index contributed by atoms with van der Waals surface area (Å²) in [6, 6.07) is 23.5. The number of pyridine rings is 1. The minimum absolute atomic E-state index is 0.208. The number of aryl methyl sites for hydroxylation is 1. The van der Waals surface area contributed by atoms with E-state index in [1.807, 2.05) is 43.3 Å². The fourth-order valence-electron chi connectivity index (χ4n) is 2.96. The fraction of sp³-hybridized carbons (Fsp3) is 0.0435. The van der Waals surface area contributed by atoms with Crippen LogP contribution in [0.3, 0.4) is 0 Å². The first-order valence-corrected chi connectivity index (χ1v) is 10.6. The second kappa shape index (κ2) is 7.85. The Labute approximate surface area is 169 Å². The van der Waals surface area contributed by atoms with Crippen LogP contribution in [-0.2, 0) is 10.0 Å². The summed E-state index contributed by atoms with van der Waals surface area (Å²) in [5.41, 5.74) is 3.64. The van der Waals surface area contributed by atoms with Crippen molar-refractivity contribution >= 4 is 38.5 Å². The van der Waals surface area contributed by atoms with E-state index in [0.29, 0.717) is 11.4 Å². The number of aliphatic imine (C=N–C) groups is 1. The third kappa shape index (κ3) is 4.17. The number of rotatable bonds is 5. The highest BCUT2D eigenvalue weighted by molar-refractivity contribution is 7.92. The van der Waals surface area contributed by atoms with Gasteiger partial charge in [-0.15, -0.1) is 0 Å². The van der Waals surface area contributed by atoms with E-state index in [4.69, 9.17) is 0 Å². The van der Waals surface area contributed by atoms with Crippen LogP contribution >= 0.6 is 0 Å². The van der Waals surface area contributed by atoms with Crippen molar-refractivity contribution in [3.8, 4) is 0 Å². The molecule has 0 amide bonds. The fourth-order valence-corrected chi connectivity index (χ4v) is 4.04. The molecule has 1 aromatic heterocycles. The lowest BCUT2D eigenvalue weighted by Gasteiger charge is -2.10. The van der Waals surface area contributed by atoms with Gasteiger partial charge in [0.2, 0.25) is 0 Å². The zero-order valence-electron chi connectivity index (χ0n) is 15.8. The van der Waals surface area contributed by atoms with Crippen LogP contribution < -0.4 is 4.72 Å². The van der Waals surface area contributed by atoms with Gasteiger partial charge in [0, 0.05) is 23.4 Å². The number of nitrogens with zero attached hydrogens (tertiary/aromatic N) is 2. The number of fused-ring (bicyclic) bond motifs is 1. The van der Waals surface area contributed by atoms with E-state index in [2.05, 4.69) is 14.7 Å². The van der Waals surface area contributed by atoms with Crippen LogP contribution in [0.15, 0.2) is 94.9 Å². The van der Waals surface area contributed by atoms with Crippen molar-refractivity contribution in [2.75, 3.05) is 4.72 Å². The highest BCUT2D eigenvalue weighted by atomic mass is 32.2. The highest BCUT2D eigenvalue weighted by Gasteiger charge is 2.15. The summed E-state index contributed by atoms with van der Waals surface area (Å²) in [6.07, 6.45) is 3.44. The Kier molecular flexibility index (Phi) is 5.10. The number of nitrogens with one attached hydrogen (secondary N) is 1. The van der Waals surface area contributed by atoms with E-state index in [1.165, 1.54) is 0 Å². The molecule has 5 nitrogen and oxygen atoms in total. The maximum atomic E-state index is 12.7. The first-order valence-electron chi connectivity index (χ1n) is 9.09. The Hall–Kier alpha value is -3.51. The molecule has 0 spiro atoms. The molecule has 0 aliphatic carbocycles. The molecular formula is C23H19N3O2S. The molecule has 1 heterocycles. The Morgan fingerprint density at radius 2 is 1.66 bits per heavy atom. The summed E-state index contributed by atoms with van der Waals surface area (Å²) in [5.74, 6) is 0. The van der Waals surface area contributed by atoms with Crippen molar-refractivity contribution in [2.45, 2.75) is 11.8 Å². The zero-order chi connectivity index (χ0) is 20.3. The molecule has 0 aliphatic rings. The summed E-state index contributed by atoms with van der Waals surface area (Å²) >= 11 is 0. The summed E-state index contributed by atoms with van der Waals surface area (Å²) in [7, 11) is -3.71. The van der Waals surface area contributed by atoms with Gasteiger partial charge in [0.05, 0.1) is 21.8 Å². The second-order valence-electron chi connectivity index (χ2n) is 6.62. The molecule has 4 aromatic rings. The van der Waals surface area contributed by atoms with Gasteiger partial charge >= 0.3 is 0 Å². The minimum atomic E-state index is -3.71. The van der Waals surface area contributed by atoms with E-state index in [1.54, 1.807) is 54.9 Å². The molecule has 0 fully saturated rings. The SMILES string of the molecule is Cc1ccc(S(=O)(=O)Nc2ccccc2N=Cc2cccc3cccnc23)cc1. The maximum Gasteiger partial charge on any atom is 0.261 e. The molecule has 0 saturated heterocycles. The van der Waals surface area contributed by atoms with Crippen molar-refractivity contribution < 1.29 is 8.42 Å². The largest absolute Gasteiger partial charge is 0.277 e. The van der Waals surface area contributed by atoms with Crippen molar-refractivity contribution in [1.29, 1.82) is 0 Å². The number of anilines is 1. The van der Waals surface area contributed by atoms with Gasteiger partial charge in [-0.05, 0) is 37.3 Å². The minimum Gasteiger partial charge on any atom is -0.277 e. The molecule has 0 unspecified atom stereocenters. The normalized spacial score (nSPS) is 11.8. The smallest absolute Gasteiger partial charge is 0.261 e. The Bertz CT molecular complexity index is 1290. The number of aromatic nitrogens is 1. The predicted molar refractivity (Wildman–Crippen MR) is 117 cm³/mol. The number of hydrogen-bond acceptors (Lipinski definition) is 4. The van der Waals surface area contributed by atoms with E-state index >= 15 is 0 Å². The molecule has 1 N–H and O–H groups in total. The van der Waals surface area contributed by atoms with Crippen LogP contribution in [0.5, 0.6) is 0 Å². The zero-order valence-corrected chi connectivity index (χ0v) is 16.6. The van der Waals surface area contributed by atoms with E-state index in [9.17, 15) is 8.42 Å². The molecular weight excluding hydrogens is 382 g/mol. The average molecular weight is 401 g/mol. The predicted octanol–water partition coefficient (Wildman–Crippen LogP) is 5.09. The molecule has 0 aliphatic heterocycles. The summed E-state index contributed by atoms with van der Waals surface area (Å²) in [5, 5.41) is 1.02. The molecule has 0 atom stereocenters. The Morgan fingerprint density at radius 3 is 2.48 bits per heavy atom. The van der Waals surface area contributed by atoms with Crippen LogP contribution in [0.1, 0.15) is 11.1 Å². The van der Waals surface area contributed by atoms with Crippen LogP contribution in [-0.4, -0.2) is 19.6 Å². The van der Waals surface area contributed by atoms with Crippen LogP contribution in [0.4, 0.5) is 11.4 Å². The topological polar surface area (TPSA) is 71.4 Å². The van der Waals surface area contributed by atoms with Gasteiger partial charge in [0.25, 0.3) is 10.0 Å². The number of sulfonamides is 1. The van der Waals surface area contributed by atoms with Gasteiger partial charge in [-0.2, -0.15) is 0 Å². The van der Waals surface area contributed by atoms with E-state index in [-0.39, 0.29) is 4.90 Å². The highest BCUT2D eigenvalue weighted by Crippen LogP contribution is 2.27. The molecule has 0 radical (unpaired) electrons. The third-order valence-corrected chi connectivity index (χ3v) is 5.87. The molecule has 144 valence electrons. The van der Waals surface area contributed by atoms with Gasteiger partial charge in [-0.25, -0.2) is 8.42 Å². The lowest BCUT2D eigenvalue weighted by Crippen LogP contribution is -2.13. The maximum absolute atomic E-state index is 12.7. The summed E-state index contributed by atoms with van der Waals surface area (Å²) in [6.45, 7) is 1.91. The first kappa shape index (κ1) is 18.8. The van der Waals surface area contributed by atoms with Crippen LogP contribution in [0.25, 0.3) is 10.9 Å². The quantitative estimate of drug-likeness (QED) is 0.473. The number of hydrogen-bond donors (Lipinski definition) is 1. The monoisotopic (exact) mass is 401 g/mol. The molecule has 0 bridgehead atoms. The van der Waals surface area contributed by atoms with Gasteiger partial charge in [-0.3, -0.25) is 14.7 Å². The summed E-state index contributed by atoms with van der Waals surface area (Å²) < 4.78 is 28.1. The summed E-state index contributed by atoms with van der Waals surface area (Å²) in [4.78, 5) is 9.15. The lowest BCUT2D eigenvalue weighted by atomic mass is 10.1. The molecule has 29 heavy (non-hydrogen) atoms. The Balaban J connectivity index is 1.67. The van der Waals surface area contributed by atoms with E-state index in [0.717, 1.165) is 22.0 Å². The average Bonchev–Trinajstić information content (AvgIpc) is 2.73. The van der Waals surface area contributed by atoms with Gasteiger partial charge in [-0.1, -0.05) is 54.1 Å². The third-order valence-electron chi connectivity index (χ3n) is 4.49. The van der Waals surface area contributed by atoms with Gasteiger partial charge in [0.15, 0.2) is 0 Å². The number of benzene rings is 3. The standard InChI is InChI=1S/C23H19N3O2S/c1-17-11-13-20(14-12-17)29(27,28)26-22-10-3-2-9-21(22)25-16-19-7-4-6-18-8-5-15-24-23(18)19/h2-16,26H,1H3.